The maximum atomic E-state index is 12.5. The number of thiophene rings is 1. The molecule has 25 heavy (non-hydrogen) atoms. The van der Waals surface area contributed by atoms with Gasteiger partial charge in [-0.25, -0.2) is 4.98 Å². The first-order valence-corrected chi connectivity index (χ1v) is 9.58. The second kappa shape index (κ2) is 7.50. The molecule has 0 spiro atoms. The SMILES string of the molecule is CC(C)CN(Cc1nc2sc(-c3ccccc3)cc2c(=O)[nH]1)C(C)C. The number of nitrogens with one attached hydrogen (secondary N) is 1. The van der Waals surface area contributed by atoms with E-state index >= 15 is 0 Å². The number of aromatic nitrogens is 2. The standard InChI is InChI=1S/C20H25N3OS/c1-13(2)11-23(14(3)4)12-18-21-19(24)16-10-17(25-20(16)22-18)15-8-6-5-7-9-15/h5-10,13-14H,11-12H2,1-4H3,(H,21,22,24). The van der Waals surface area contributed by atoms with Crippen LogP contribution < -0.4 is 5.56 Å². The Bertz CT molecular complexity index is 896. The second-order valence-electron chi connectivity index (χ2n) is 7.13. The van der Waals surface area contributed by atoms with Crippen LogP contribution in [0, 0.1) is 5.92 Å². The molecule has 132 valence electrons. The lowest BCUT2D eigenvalue weighted by Gasteiger charge is -2.27. The van der Waals surface area contributed by atoms with Crippen LogP contribution in [-0.2, 0) is 6.54 Å². The molecular formula is C20H25N3OS. The van der Waals surface area contributed by atoms with Crippen molar-refractivity contribution in [2.45, 2.75) is 40.3 Å². The van der Waals surface area contributed by atoms with Crippen molar-refractivity contribution in [2.24, 2.45) is 5.92 Å². The number of hydrogen-bond acceptors (Lipinski definition) is 4. The number of benzene rings is 1. The molecule has 1 aromatic carbocycles. The summed E-state index contributed by atoms with van der Waals surface area (Å²) in [5.74, 6) is 1.32. The Labute approximate surface area is 152 Å². The van der Waals surface area contributed by atoms with Gasteiger partial charge in [-0.1, -0.05) is 44.2 Å². The molecule has 3 rings (SSSR count). The summed E-state index contributed by atoms with van der Waals surface area (Å²) in [4.78, 5) is 24.5. The first-order chi connectivity index (χ1) is 11.9. The maximum Gasteiger partial charge on any atom is 0.259 e. The van der Waals surface area contributed by atoms with Crippen molar-refractivity contribution in [3.8, 4) is 10.4 Å². The number of aromatic amines is 1. The minimum atomic E-state index is -0.0494. The predicted molar refractivity (Wildman–Crippen MR) is 106 cm³/mol. The molecule has 2 aromatic heterocycles. The van der Waals surface area contributed by atoms with Gasteiger partial charge in [-0.3, -0.25) is 9.69 Å². The van der Waals surface area contributed by atoms with E-state index in [1.165, 1.54) is 0 Å². The summed E-state index contributed by atoms with van der Waals surface area (Å²) in [7, 11) is 0. The fraction of sp³-hybridized carbons (Fsp3) is 0.400. The monoisotopic (exact) mass is 355 g/mol. The third-order valence-corrected chi connectivity index (χ3v) is 5.27. The van der Waals surface area contributed by atoms with Gasteiger partial charge in [0, 0.05) is 17.5 Å². The summed E-state index contributed by atoms with van der Waals surface area (Å²) < 4.78 is 0. The number of fused-ring (bicyclic) bond motifs is 1. The fourth-order valence-corrected chi connectivity index (χ4v) is 3.97. The first kappa shape index (κ1) is 17.8. The molecule has 2 heterocycles. The summed E-state index contributed by atoms with van der Waals surface area (Å²) >= 11 is 1.58. The van der Waals surface area contributed by atoms with Crippen LogP contribution in [0.25, 0.3) is 20.7 Å². The van der Waals surface area contributed by atoms with Crippen molar-refractivity contribution >= 4 is 21.6 Å². The summed E-state index contributed by atoms with van der Waals surface area (Å²) in [6.45, 7) is 10.4. The molecule has 0 unspecified atom stereocenters. The Morgan fingerprint density at radius 3 is 2.52 bits per heavy atom. The van der Waals surface area contributed by atoms with Gasteiger partial charge in [-0.15, -0.1) is 11.3 Å². The summed E-state index contributed by atoms with van der Waals surface area (Å²) in [6, 6.07) is 12.5. The lowest BCUT2D eigenvalue weighted by atomic mass is 10.2. The van der Waals surface area contributed by atoms with E-state index in [1.54, 1.807) is 11.3 Å². The van der Waals surface area contributed by atoms with Crippen LogP contribution in [0.15, 0.2) is 41.2 Å². The van der Waals surface area contributed by atoms with E-state index in [0.717, 1.165) is 27.6 Å². The molecule has 3 aromatic rings. The number of H-pyrrole nitrogens is 1. The highest BCUT2D eigenvalue weighted by molar-refractivity contribution is 7.21. The van der Waals surface area contributed by atoms with E-state index in [-0.39, 0.29) is 5.56 Å². The van der Waals surface area contributed by atoms with E-state index in [4.69, 9.17) is 4.98 Å². The van der Waals surface area contributed by atoms with Crippen LogP contribution in [0.3, 0.4) is 0 Å². The minimum Gasteiger partial charge on any atom is -0.309 e. The molecule has 0 aliphatic carbocycles. The molecular weight excluding hydrogens is 330 g/mol. The Balaban J connectivity index is 1.94. The lowest BCUT2D eigenvalue weighted by Crippen LogP contribution is -2.34. The molecule has 0 amide bonds. The number of hydrogen-bond donors (Lipinski definition) is 1. The zero-order valence-electron chi connectivity index (χ0n) is 15.2. The van der Waals surface area contributed by atoms with Gasteiger partial charge in [0.2, 0.25) is 0 Å². The molecule has 0 aliphatic heterocycles. The van der Waals surface area contributed by atoms with Crippen molar-refractivity contribution in [1.29, 1.82) is 0 Å². The van der Waals surface area contributed by atoms with Gasteiger partial charge >= 0.3 is 0 Å². The van der Waals surface area contributed by atoms with Crippen molar-refractivity contribution in [3.05, 3.63) is 52.6 Å². The van der Waals surface area contributed by atoms with Gasteiger partial charge in [-0.2, -0.15) is 0 Å². The van der Waals surface area contributed by atoms with Gasteiger partial charge in [0.05, 0.1) is 11.9 Å². The topological polar surface area (TPSA) is 49.0 Å². The maximum absolute atomic E-state index is 12.5. The molecule has 0 fully saturated rings. The largest absolute Gasteiger partial charge is 0.309 e. The van der Waals surface area contributed by atoms with Crippen molar-refractivity contribution in [1.82, 2.24) is 14.9 Å². The molecule has 0 aliphatic rings. The lowest BCUT2D eigenvalue weighted by molar-refractivity contribution is 0.184. The van der Waals surface area contributed by atoms with Crippen molar-refractivity contribution in [3.63, 3.8) is 0 Å². The van der Waals surface area contributed by atoms with E-state index in [1.807, 2.05) is 24.3 Å². The van der Waals surface area contributed by atoms with E-state index in [9.17, 15) is 4.79 Å². The number of nitrogens with zero attached hydrogens (tertiary/aromatic N) is 2. The average Bonchev–Trinajstić information content (AvgIpc) is 2.99. The second-order valence-corrected chi connectivity index (χ2v) is 8.16. The molecule has 1 N–H and O–H groups in total. The third kappa shape index (κ3) is 4.17. The fourth-order valence-electron chi connectivity index (χ4n) is 2.91. The normalized spacial score (nSPS) is 12.0. The predicted octanol–water partition coefficient (Wildman–Crippen LogP) is 4.52. The highest BCUT2D eigenvalue weighted by Crippen LogP contribution is 2.30. The molecule has 0 saturated heterocycles. The Morgan fingerprint density at radius 2 is 1.88 bits per heavy atom. The average molecular weight is 356 g/mol. The molecule has 4 nitrogen and oxygen atoms in total. The zero-order valence-corrected chi connectivity index (χ0v) is 16.1. The third-order valence-electron chi connectivity index (χ3n) is 4.19. The van der Waals surface area contributed by atoms with Crippen LogP contribution in [0.2, 0.25) is 0 Å². The van der Waals surface area contributed by atoms with E-state index < -0.39 is 0 Å². The molecule has 0 radical (unpaired) electrons. The smallest absolute Gasteiger partial charge is 0.259 e. The summed E-state index contributed by atoms with van der Waals surface area (Å²) in [5, 5.41) is 0.674. The molecule has 0 atom stereocenters. The van der Waals surface area contributed by atoms with Crippen molar-refractivity contribution in [2.75, 3.05) is 6.54 Å². The first-order valence-electron chi connectivity index (χ1n) is 8.76. The van der Waals surface area contributed by atoms with Gasteiger partial charge in [0.15, 0.2) is 0 Å². The highest BCUT2D eigenvalue weighted by Gasteiger charge is 2.15. The van der Waals surface area contributed by atoms with Gasteiger partial charge in [-0.05, 0) is 31.4 Å². The Morgan fingerprint density at radius 1 is 1.16 bits per heavy atom. The highest BCUT2D eigenvalue weighted by atomic mass is 32.1. The Kier molecular flexibility index (Phi) is 5.35. The summed E-state index contributed by atoms with van der Waals surface area (Å²) in [6.07, 6.45) is 0. The van der Waals surface area contributed by atoms with Crippen LogP contribution >= 0.6 is 11.3 Å². The van der Waals surface area contributed by atoms with E-state index in [2.05, 4.69) is 49.7 Å². The van der Waals surface area contributed by atoms with Gasteiger partial charge < -0.3 is 4.98 Å². The molecule has 0 saturated carbocycles. The Hall–Kier alpha value is -1.98. The van der Waals surface area contributed by atoms with Gasteiger partial charge in [0.25, 0.3) is 5.56 Å². The zero-order chi connectivity index (χ0) is 18.0. The number of rotatable bonds is 6. The van der Waals surface area contributed by atoms with Crippen LogP contribution in [0.4, 0.5) is 0 Å². The quantitative estimate of drug-likeness (QED) is 0.707. The van der Waals surface area contributed by atoms with Crippen LogP contribution in [0.1, 0.15) is 33.5 Å². The van der Waals surface area contributed by atoms with Gasteiger partial charge in [0.1, 0.15) is 10.7 Å². The van der Waals surface area contributed by atoms with Crippen LogP contribution in [-0.4, -0.2) is 27.5 Å². The minimum absolute atomic E-state index is 0.0494. The molecule has 0 bridgehead atoms. The summed E-state index contributed by atoms with van der Waals surface area (Å²) in [5.41, 5.74) is 1.07. The van der Waals surface area contributed by atoms with Crippen molar-refractivity contribution < 1.29 is 0 Å². The van der Waals surface area contributed by atoms with E-state index in [0.29, 0.717) is 23.9 Å². The molecule has 5 heteroatoms. The van der Waals surface area contributed by atoms with Crippen LogP contribution in [0.5, 0.6) is 0 Å².